The second-order valence-corrected chi connectivity index (χ2v) is 5.59. The van der Waals surface area contributed by atoms with Crippen LogP contribution in [0.1, 0.15) is 15.9 Å². The van der Waals surface area contributed by atoms with Crippen molar-refractivity contribution >= 4 is 44.8 Å². The lowest BCUT2D eigenvalue weighted by Crippen LogP contribution is -2.17. The molecular formula is C14H13BrClN3O. The van der Waals surface area contributed by atoms with E-state index in [2.05, 4.69) is 26.7 Å². The van der Waals surface area contributed by atoms with Crippen LogP contribution in [0.25, 0.3) is 0 Å². The maximum Gasteiger partial charge on any atom is 0.257 e. The molecule has 0 aliphatic heterocycles. The molecule has 20 heavy (non-hydrogen) atoms. The number of benzene rings is 2. The van der Waals surface area contributed by atoms with Gasteiger partial charge in [0.25, 0.3) is 5.91 Å². The molecule has 0 bridgehead atoms. The number of carbonyl (C=O) groups excluding carboxylic acids is 1. The van der Waals surface area contributed by atoms with Gasteiger partial charge in [-0.15, -0.1) is 0 Å². The van der Waals surface area contributed by atoms with Crippen LogP contribution in [-0.2, 0) is 0 Å². The summed E-state index contributed by atoms with van der Waals surface area (Å²) < 4.78 is 0.847. The van der Waals surface area contributed by atoms with Crippen LogP contribution in [0.5, 0.6) is 0 Å². The van der Waals surface area contributed by atoms with E-state index in [4.69, 9.17) is 17.4 Å². The molecule has 0 fully saturated rings. The fourth-order valence-electron chi connectivity index (χ4n) is 1.76. The molecule has 0 unspecified atom stereocenters. The lowest BCUT2D eigenvalue weighted by molar-refractivity contribution is 0.102. The summed E-state index contributed by atoms with van der Waals surface area (Å²) in [4.78, 5) is 12.3. The lowest BCUT2D eigenvalue weighted by Gasteiger charge is -2.11. The maximum absolute atomic E-state index is 12.3. The second-order valence-electron chi connectivity index (χ2n) is 4.27. The van der Waals surface area contributed by atoms with E-state index in [1.807, 2.05) is 13.0 Å². The molecule has 2 aromatic carbocycles. The monoisotopic (exact) mass is 353 g/mol. The van der Waals surface area contributed by atoms with Gasteiger partial charge >= 0.3 is 0 Å². The van der Waals surface area contributed by atoms with Crippen LogP contribution in [0.15, 0.2) is 40.9 Å². The molecule has 6 heteroatoms. The summed E-state index contributed by atoms with van der Waals surface area (Å²) >= 11 is 9.39. The Morgan fingerprint density at radius 2 is 1.95 bits per heavy atom. The van der Waals surface area contributed by atoms with Gasteiger partial charge in [0.2, 0.25) is 0 Å². The molecule has 104 valence electrons. The van der Waals surface area contributed by atoms with Gasteiger partial charge in [-0.1, -0.05) is 33.6 Å². The number of anilines is 2. The predicted molar refractivity (Wildman–Crippen MR) is 86.1 cm³/mol. The minimum absolute atomic E-state index is 0.276. The van der Waals surface area contributed by atoms with Gasteiger partial charge in [0.15, 0.2) is 0 Å². The van der Waals surface area contributed by atoms with E-state index < -0.39 is 0 Å². The molecule has 0 spiro atoms. The van der Waals surface area contributed by atoms with Gasteiger partial charge in [0, 0.05) is 4.47 Å². The first-order chi connectivity index (χ1) is 9.51. The quantitative estimate of drug-likeness (QED) is 0.577. The van der Waals surface area contributed by atoms with E-state index >= 15 is 0 Å². The molecule has 4 nitrogen and oxygen atoms in total. The summed E-state index contributed by atoms with van der Waals surface area (Å²) in [5.74, 6) is 5.16. The van der Waals surface area contributed by atoms with Crippen LogP contribution in [0.3, 0.4) is 0 Å². The number of amides is 1. The van der Waals surface area contributed by atoms with Crippen molar-refractivity contribution in [3.8, 4) is 0 Å². The van der Waals surface area contributed by atoms with Gasteiger partial charge in [0.1, 0.15) is 0 Å². The Morgan fingerprint density at radius 3 is 2.60 bits per heavy atom. The van der Waals surface area contributed by atoms with Crippen molar-refractivity contribution in [3.63, 3.8) is 0 Å². The van der Waals surface area contributed by atoms with Crippen molar-refractivity contribution in [2.75, 3.05) is 10.7 Å². The number of halogens is 2. The molecule has 4 N–H and O–H groups in total. The molecule has 0 atom stereocenters. The minimum Gasteiger partial charge on any atom is -0.323 e. The number of carbonyl (C=O) groups is 1. The molecule has 2 rings (SSSR count). The first kappa shape index (κ1) is 14.8. The standard InChI is InChI=1S/C14H13BrClN3O/c1-8-2-4-10(13(6-8)19-17)14(20)18-12-5-3-9(15)7-11(12)16/h2-7,19H,17H2,1H3,(H,18,20). The summed E-state index contributed by atoms with van der Waals surface area (Å²) in [6.07, 6.45) is 0. The van der Waals surface area contributed by atoms with Crippen LogP contribution < -0.4 is 16.6 Å². The Kier molecular flexibility index (Phi) is 4.65. The number of nitrogens with two attached hydrogens (primary N) is 1. The average molecular weight is 355 g/mol. The minimum atomic E-state index is -0.276. The third-order valence-electron chi connectivity index (χ3n) is 2.75. The van der Waals surface area contributed by atoms with Crippen LogP contribution in [0.4, 0.5) is 11.4 Å². The highest BCUT2D eigenvalue weighted by atomic mass is 79.9. The van der Waals surface area contributed by atoms with E-state index in [-0.39, 0.29) is 5.91 Å². The molecule has 0 aromatic heterocycles. The maximum atomic E-state index is 12.3. The Balaban J connectivity index is 2.28. The molecule has 0 aliphatic carbocycles. The van der Waals surface area contributed by atoms with E-state index in [9.17, 15) is 4.79 Å². The zero-order valence-corrected chi connectivity index (χ0v) is 13.0. The number of aryl methyl sites for hydroxylation is 1. The Morgan fingerprint density at radius 1 is 1.20 bits per heavy atom. The molecule has 0 saturated heterocycles. The fourth-order valence-corrected chi connectivity index (χ4v) is 2.48. The Bertz CT molecular complexity index is 661. The SMILES string of the molecule is Cc1ccc(C(=O)Nc2ccc(Br)cc2Cl)c(NN)c1. The highest BCUT2D eigenvalue weighted by Gasteiger charge is 2.12. The largest absolute Gasteiger partial charge is 0.323 e. The van der Waals surface area contributed by atoms with Crippen molar-refractivity contribution < 1.29 is 4.79 Å². The first-order valence-electron chi connectivity index (χ1n) is 5.85. The first-order valence-corrected chi connectivity index (χ1v) is 7.02. The summed E-state index contributed by atoms with van der Waals surface area (Å²) in [5.41, 5.74) is 5.10. The van der Waals surface area contributed by atoms with Crippen molar-refractivity contribution in [3.05, 3.63) is 57.0 Å². The second kappa shape index (κ2) is 6.26. The van der Waals surface area contributed by atoms with Gasteiger partial charge < -0.3 is 10.7 Å². The third kappa shape index (κ3) is 3.30. The molecule has 1 amide bonds. The van der Waals surface area contributed by atoms with Gasteiger partial charge in [-0.05, 0) is 42.8 Å². The van der Waals surface area contributed by atoms with Gasteiger partial charge in [-0.2, -0.15) is 0 Å². The summed E-state index contributed by atoms with van der Waals surface area (Å²) in [6.45, 7) is 1.92. The number of hydrogen-bond donors (Lipinski definition) is 3. The van der Waals surface area contributed by atoms with E-state index in [1.54, 1.807) is 30.3 Å². The average Bonchev–Trinajstić information content (AvgIpc) is 2.41. The van der Waals surface area contributed by atoms with Crippen molar-refractivity contribution in [2.45, 2.75) is 6.92 Å². The summed E-state index contributed by atoms with van der Waals surface area (Å²) in [6, 6.07) is 10.6. The van der Waals surface area contributed by atoms with Crippen LogP contribution in [-0.4, -0.2) is 5.91 Å². The van der Waals surface area contributed by atoms with Gasteiger partial charge in [-0.3, -0.25) is 10.6 Å². The lowest BCUT2D eigenvalue weighted by atomic mass is 10.1. The van der Waals surface area contributed by atoms with E-state index in [0.29, 0.717) is 22.0 Å². The number of rotatable bonds is 3. The summed E-state index contributed by atoms with van der Waals surface area (Å²) in [5, 5.41) is 3.22. The smallest absolute Gasteiger partial charge is 0.257 e. The van der Waals surface area contributed by atoms with Gasteiger partial charge in [-0.25, -0.2) is 0 Å². The van der Waals surface area contributed by atoms with Crippen LogP contribution in [0.2, 0.25) is 5.02 Å². The normalized spacial score (nSPS) is 10.2. The number of hydrazine groups is 1. The molecule has 0 heterocycles. The van der Waals surface area contributed by atoms with Crippen LogP contribution >= 0.6 is 27.5 Å². The Hall–Kier alpha value is -1.56. The van der Waals surface area contributed by atoms with Crippen molar-refractivity contribution in [1.82, 2.24) is 0 Å². The van der Waals surface area contributed by atoms with E-state index in [1.165, 1.54) is 0 Å². The third-order valence-corrected chi connectivity index (χ3v) is 3.56. The molecule has 2 aromatic rings. The molecule has 0 radical (unpaired) electrons. The molecule has 0 saturated carbocycles. The molecular weight excluding hydrogens is 342 g/mol. The van der Waals surface area contributed by atoms with E-state index in [0.717, 1.165) is 10.0 Å². The topological polar surface area (TPSA) is 67.2 Å². The zero-order valence-electron chi connectivity index (χ0n) is 10.7. The predicted octanol–water partition coefficient (Wildman–Crippen LogP) is 3.95. The van der Waals surface area contributed by atoms with Gasteiger partial charge in [0.05, 0.1) is 22.0 Å². The highest BCUT2D eigenvalue weighted by Crippen LogP contribution is 2.27. The number of hydrogen-bond acceptors (Lipinski definition) is 3. The van der Waals surface area contributed by atoms with Crippen molar-refractivity contribution in [1.29, 1.82) is 0 Å². The number of nitrogen functional groups attached to an aromatic ring is 1. The summed E-state index contributed by atoms with van der Waals surface area (Å²) in [7, 11) is 0. The number of nitrogens with one attached hydrogen (secondary N) is 2. The van der Waals surface area contributed by atoms with Crippen LogP contribution in [0, 0.1) is 6.92 Å². The van der Waals surface area contributed by atoms with Crippen molar-refractivity contribution in [2.24, 2.45) is 5.84 Å². The zero-order chi connectivity index (χ0) is 14.7. The fraction of sp³-hybridized carbons (Fsp3) is 0.0714. The molecule has 0 aliphatic rings. The highest BCUT2D eigenvalue weighted by molar-refractivity contribution is 9.10. The Labute approximate surface area is 130 Å².